The lowest BCUT2D eigenvalue weighted by atomic mass is 10.1. The van der Waals surface area contributed by atoms with Gasteiger partial charge in [0.05, 0.1) is 12.5 Å². The van der Waals surface area contributed by atoms with Gasteiger partial charge < -0.3 is 19.0 Å². The first kappa shape index (κ1) is 18.7. The Bertz CT molecular complexity index is 927. The first-order chi connectivity index (χ1) is 13.7. The van der Waals surface area contributed by atoms with E-state index in [0.717, 1.165) is 35.9 Å². The fourth-order valence-electron chi connectivity index (χ4n) is 3.72. The van der Waals surface area contributed by atoms with Gasteiger partial charge in [0.2, 0.25) is 17.7 Å². The zero-order valence-corrected chi connectivity index (χ0v) is 16.2. The molecule has 1 aromatic carbocycles. The van der Waals surface area contributed by atoms with Crippen molar-refractivity contribution in [2.75, 3.05) is 19.7 Å². The second kappa shape index (κ2) is 8.56. The minimum Gasteiger partial charge on any atom is -0.425 e. The van der Waals surface area contributed by atoms with Crippen LogP contribution in [0.25, 0.3) is 10.9 Å². The number of carbonyl (C=O) groups is 1. The maximum Gasteiger partial charge on any atom is 0.223 e. The molecular weight excluding hydrogens is 356 g/mol. The summed E-state index contributed by atoms with van der Waals surface area (Å²) in [6, 6.07) is 8.13. The summed E-state index contributed by atoms with van der Waals surface area (Å²) in [6.45, 7) is 4.16. The highest BCUT2D eigenvalue weighted by Gasteiger charge is 2.22. The fraction of sp³-hybridized carbons (Fsp3) is 0.476. The van der Waals surface area contributed by atoms with E-state index in [2.05, 4.69) is 21.2 Å². The molecule has 1 amide bonds. The van der Waals surface area contributed by atoms with E-state index in [9.17, 15) is 4.79 Å². The van der Waals surface area contributed by atoms with Gasteiger partial charge in [-0.2, -0.15) is 0 Å². The molecule has 28 heavy (non-hydrogen) atoms. The Morgan fingerprint density at radius 1 is 1.29 bits per heavy atom. The van der Waals surface area contributed by atoms with Crippen molar-refractivity contribution >= 4 is 16.8 Å². The summed E-state index contributed by atoms with van der Waals surface area (Å²) >= 11 is 0. The molecule has 1 fully saturated rings. The molecule has 0 saturated carbocycles. The second-order valence-corrected chi connectivity index (χ2v) is 7.19. The number of nitrogens with one attached hydrogen (secondary N) is 1. The molecule has 0 spiro atoms. The molecule has 2 aromatic heterocycles. The summed E-state index contributed by atoms with van der Waals surface area (Å²) in [4.78, 5) is 17.6. The number of hydrogen-bond acceptors (Lipinski definition) is 5. The number of likely N-dealkylation sites (N-methyl/N-ethyl adjacent to an activating group) is 1. The first-order valence-electron chi connectivity index (χ1n) is 9.98. The highest BCUT2D eigenvalue weighted by Crippen LogP contribution is 2.20. The molecule has 3 heterocycles. The number of aromatic amines is 1. The smallest absolute Gasteiger partial charge is 0.223 e. The van der Waals surface area contributed by atoms with Crippen molar-refractivity contribution in [3.8, 4) is 0 Å². The average molecular weight is 382 g/mol. The monoisotopic (exact) mass is 382 g/mol. The largest absolute Gasteiger partial charge is 0.425 e. The predicted molar refractivity (Wildman–Crippen MR) is 105 cm³/mol. The number of rotatable bonds is 8. The number of carbonyl (C=O) groups excluding carboxylic acids is 1. The molecule has 0 bridgehead atoms. The standard InChI is InChI=1S/C21H26N4O3/c1-2-25(14-16-6-5-11-27-16)21(26)10-9-19-23-24-20(28-19)12-15-13-22-18-8-4-3-7-17(15)18/h3-4,7-8,13,16,22H,2,5-6,9-12,14H2,1H3/t16-/m0/s1. The van der Waals surface area contributed by atoms with Crippen molar-refractivity contribution in [3.63, 3.8) is 0 Å². The van der Waals surface area contributed by atoms with E-state index in [1.807, 2.05) is 36.2 Å². The summed E-state index contributed by atoms with van der Waals surface area (Å²) < 4.78 is 11.4. The fourth-order valence-corrected chi connectivity index (χ4v) is 3.72. The lowest BCUT2D eigenvalue weighted by Crippen LogP contribution is -2.37. The predicted octanol–water partition coefficient (Wildman–Crippen LogP) is 3.10. The molecule has 0 aliphatic carbocycles. The van der Waals surface area contributed by atoms with Crippen LogP contribution in [0.1, 0.15) is 43.5 Å². The van der Waals surface area contributed by atoms with Gasteiger partial charge in [-0.05, 0) is 31.4 Å². The molecule has 148 valence electrons. The lowest BCUT2D eigenvalue weighted by Gasteiger charge is -2.23. The van der Waals surface area contributed by atoms with E-state index >= 15 is 0 Å². The van der Waals surface area contributed by atoms with Gasteiger partial charge in [-0.3, -0.25) is 4.79 Å². The van der Waals surface area contributed by atoms with Crippen LogP contribution in [0, 0.1) is 0 Å². The van der Waals surface area contributed by atoms with Crippen LogP contribution in [0.4, 0.5) is 0 Å². The number of aryl methyl sites for hydroxylation is 1. The summed E-state index contributed by atoms with van der Waals surface area (Å²) in [6.07, 6.45) is 5.67. The number of fused-ring (bicyclic) bond motifs is 1. The number of nitrogens with zero attached hydrogens (tertiary/aromatic N) is 3. The van der Waals surface area contributed by atoms with Crippen LogP contribution in [0.5, 0.6) is 0 Å². The zero-order chi connectivity index (χ0) is 19.3. The van der Waals surface area contributed by atoms with E-state index in [0.29, 0.717) is 44.1 Å². The molecule has 7 nitrogen and oxygen atoms in total. The third-order valence-electron chi connectivity index (χ3n) is 5.26. The highest BCUT2D eigenvalue weighted by molar-refractivity contribution is 5.83. The Balaban J connectivity index is 1.32. The molecule has 1 aliphatic heterocycles. The number of hydrogen-bond donors (Lipinski definition) is 1. The van der Waals surface area contributed by atoms with E-state index < -0.39 is 0 Å². The van der Waals surface area contributed by atoms with Crippen molar-refractivity contribution in [2.45, 2.75) is 45.1 Å². The molecule has 1 saturated heterocycles. The van der Waals surface area contributed by atoms with Crippen molar-refractivity contribution in [2.24, 2.45) is 0 Å². The molecule has 1 atom stereocenters. The number of para-hydroxylation sites is 1. The van der Waals surface area contributed by atoms with Gasteiger partial charge in [0.25, 0.3) is 0 Å². The molecule has 0 unspecified atom stereocenters. The van der Waals surface area contributed by atoms with Crippen molar-refractivity contribution in [3.05, 3.63) is 47.8 Å². The van der Waals surface area contributed by atoms with Gasteiger partial charge in [-0.1, -0.05) is 18.2 Å². The van der Waals surface area contributed by atoms with E-state index in [-0.39, 0.29) is 12.0 Å². The van der Waals surface area contributed by atoms with Gasteiger partial charge >= 0.3 is 0 Å². The number of aromatic nitrogens is 3. The van der Waals surface area contributed by atoms with Crippen LogP contribution < -0.4 is 0 Å². The Morgan fingerprint density at radius 2 is 2.14 bits per heavy atom. The summed E-state index contributed by atoms with van der Waals surface area (Å²) in [5, 5.41) is 9.42. The lowest BCUT2D eigenvalue weighted by molar-refractivity contribution is -0.132. The van der Waals surface area contributed by atoms with E-state index in [1.165, 1.54) is 0 Å². The Labute approximate surface area is 164 Å². The second-order valence-electron chi connectivity index (χ2n) is 7.19. The molecule has 4 rings (SSSR count). The molecule has 3 aromatic rings. The van der Waals surface area contributed by atoms with Gasteiger partial charge in [0.15, 0.2) is 0 Å². The SMILES string of the molecule is CCN(C[C@@H]1CCCO1)C(=O)CCc1nnc(Cc2c[nH]c3ccccc23)o1. The Kier molecular flexibility index (Phi) is 5.71. The van der Waals surface area contributed by atoms with Crippen LogP contribution in [0.15, 0.2) is 34.9 Å². The Hall–Kier alpha value is -2.67. The molecule has 1 aliphatic rings. The Morgan fingerprint density at radius 3 is 2.96 bits per heavy atom. The maximum absolute atomic E-state index is 12.5. The zero-order valence-electron chi connectivity index (χ0n) is 16.2. The number of H-pyrrole nitrogens is 1. The van der Waals surface area contributed by atoms with Gasteiger partial charge in [0, 0.05) is 49.6 Å². The molecule has 7 heteroatoms. The van der Waals surface area contributed by atoms with Crippen LogP contribution >= 0.6 is 0 Å². The van der Waals surface area contributed by atoms with Gasteiger partial charge in [0.1, 0.15) is 0 Å². The number of amides is 1. The van der Waals surface area contributed by atoms with Crippen LogP contribution in [0.3, 0.4) is 0 Å². The summed E-state index contributed by atoms with van der Waals surface area (Å²) in [5.74, 6) is 1.18. The van der Waals surface area contributed by atoms with Crippen molar-refractivity contribution in [1.29, 1.82) is 0 Å². The molecular formula is C21H26N4O3. The van der Waals surface area contributed by atoms with Crippen molar-refractivity contribution < 1.29 is 13.9 Å². The first-order valence-corrected chi connectivity index (χ1v) is 9.98. The third-order valence-corrected chi connectivity index (χ3v) is 5.26. The topological polar surface area (TPSA) is 84.2 Å². The molecule has 0 radical (unpaired) electrons. The molecule has 1 N–H and O–H groups in total. The normalized spacial score (nSPS) is 16.7. The quantitative estimate of drug-likeness (QED) is 0.647. The van der Waals surface area contributed by atoms with E-state index in [1.54, 1.807) is 0 Å². The van der Waals surface area contributed by atoms with Crippen molar-refractivity contribution in [1.82, 2.24) is 20.1 Å². The third kappa shape index (κ3) is 4.25. The minimum absolute atomic E-state index is 0.106. The van der Waals surface area contributed by atoms with E-state index in [4.69, 9.17) is 9.15 Å². The van der Waals surface area contributed by atoms with Crippen LogP contribution in [-0.4, -0.2) is 51.8 Å². The van der Waals surface area contributed by atoms with Crippen LogP contribution in [-0.2, 0) is 22.4 Å². The summed E-state index contributed by atoms with van der Waals surface area (Å²) in [7, 11) is 0. The van der Waals surface area contributed by atoms with Crippen LogP contribution in [0.2, 0.25) is 0 Å². The average Bonchev–Trinajstić information content (AvgIpc) is 3.47. The highest BCUT2D eigenvalue weighted by atomic mass is 16.5. The summed E-state index contributed by atoms with van der Waals surface area (Å²) in [5.41, 5.74) is 2.21. The van der Waals surface area contributed by atoms with Gasteiger partial charge in [-0.15, -0.1) is 10.2 Å². The maximum atomic E-state index is 12.5. The number of ether oxygens (including phenoxy) is 1. The number of benzene rings is 1. The van der Waals surface area contributed by atoms with Gasteiger partial charge in [-0.25, -0.2) is 0 Å². The minimum atomic E-state index is 0.106.